The minimum Gasteiger partial charge on any atom is -0.399 e. The lowest BCUT2D eigenvalue weighted by atomic mass is 10.2. The first-order chi connectivity index (χ1) is 8.08. The van der Waals surface area contributed by atoms with Gasteiger partial charge in [-0.25, -0.2) is 0 Å². The van der Waals surface area contributed by atoms with Gasteiger partial charge in [0, 0.05) is 23.8 Å². The molecule has 0 fully saturated rings. The Morgan fingerprint density at radius 3 is 2.76 bits per heavy atom. The van der Waals surface area contributed by atoms with E-state index in [4.69, 9.17) is 5.73 Å². The first-order valence-electron chi connectivity index (χ1n) is 5.59. The number of nitrogens with two attached hydrogens (primary N) is 1. The average Bonchev–Trinajstić information content (AvgIpc) is 2.28. The Morgan fingerprint density at radius 1 is 1.53 bits per heavy atom. The summed E-state index contributed by atoms with van der Waals surface area (Å²) in [7, 11) is 1.64. The summed E-state index contributed by atoms with van der Waals surface area (Å²) < 4.78 is 0.912. The van der Waals surface area contributed by atoms with Crippen LogP contribution in [-0.2, 0) is 4.79 Å². The van der Waals surface area contributed by atoms with Gasteiger partial charge in [-0.3, -0.25) is 4.79 Å². The summed E-state index contributed by atoms with van der Waals surface area (Å²) in [5.41, 5.74) is 7.40. The van der Waals surface area contributed by atoms with Crippen molar-refractivity contribution in [3.05, 3.63) is 22.7 Å². The maximum Gasteiger partial charge on any atom is 0.239 e. The number of carbonyl (C=O) groups is 1. The molecule has 0 heterocycles. The molecule has 0 unspecified atom stereocenters. The fourth-order valence-electron chi connectivity index (χ4n) is 1.59. The molecule has 1 rings (SSSR count). The van der Waals surface area contributed by atoms with Crippen LogP contribution in [0, 0.1) is 0 Å². The lowest BCUT2D eigenvalue weighted by molar-refractivity contribution is -0.119. The summed E-state index contributed by atoms with van der Waals surface area (Å²) in [4.78, 5) is 13.5. The molecule has 0 aromatic heterocycles. The molecule has 5 heteroatoms. The monoisotopic (exact) mass is 299 g/mol. The highest BCUT2D eigenvalue weighted by atomic mass is 79.9. The molecule has 1 aromatic rings. The van der Waals surface area contributed by atoms with E-state index in [1.807, 2.05) is 23.1 Å². The number of likely N-dealkylation sites (N-methyl/N-ethyl adjacent to an activating group) is 1. The van der Waals surface area contributed by atoms with Crippen LogP contribution in [0.25, 0.3) is 0 Å². The van der Waals surface area contributed by atoms with E-state index in [1.165, 1.54) is 0 Å². The van der Waals surface area contributed by atoms with Crippen molar-refractivity contribution in [1.82, 2.24) is 5.32 Å². The van der Waals surface area contributed by atoms with Gasteiger partial charge in [-0.15, -0.1) is 0 Å². The van der Waals surface area contributed by atoms with Crippen molar-refractivity contribution in [2.24, 2.45) is 0 Å². The summed E-state index contributed by atoms with van der Waals surface area (Å²) in [6.07, 6.45) is 0.980. The van der Waals surface area contributed by atoms with Gasteiger partial charge in [-0.2, -0.15) is 0 Å². The Kier molecular flexibility index (Phi) is 5.28. The highest BCUT2D eigenvalue weighted by molar-refractivity contribution is 9.10. The van der Waals surface area contributed by atoms with E-state index in [1.54, 1.807) is 7.05 Å². The number of hydrogen-bond acceptors (Lipinski definition) is 3. The standard InChI is InChI=1S/C12H18BrN3O/c1-3-6-16(8-12(17)15-2)11-5-4-9(14)7-10(11)13/h4-5,7H,3,6,8,14H2,1-2H3,(H,15,17). The van der Waals surface area contributed by atoms with Crippen LogP contribution in [0.1, 0.15) is 13.3 Å². The maximum absolute atomic E-state index is 11.5. The molecule has 94 valence electrons. The number of halogens is 1. The molecule has 17 heavy (non-hydrogen) atoms. The Bertz CT molecular complexity index is 395. The number of carbonyl (C=O) groups excluding carboxylic acids is 1. The molecular weight excluding hydrogens is 282 g/mol. The third-order valence-corrected chi connectivity index (χ3v) is 3.05. The van der Waals surface area contributed by atoms with Gasteiger partial charge in [0.2, 0.25) is 5.91 Å². The number of nitrogen functional groups attached to an aromatic ring is 1. The van der Waals surface area contributed by atoms with Crippen LogP contribution in [0.3, 0.4) is 0 Å². The molecule has 0 bridgehead atoms. The molecule has 0 radical (unpaired) electrons. The van der Waals surface area contributed by atoms with Crippen LogP contribution in [0.5, 0.6) is 0 Å². The average molecular weight is 300 g/mol. The van der Waals surface area contributed by atoms with E-state index < -0.39 is 0 Å². The fourth-order valence-corrected chi connectivity index (χ4v) is 2.23. The van der Waals surface area contributed by atoms with E-state index in [9.17, 15) is 4.79 Å². The molecule has 0 aliphatic heterocycles. The van der Waals surface area contributed by atoms with Crippen molar-refractivity contribution >= 4 is 33.2 Å². The van der Waals surface area contributed by atoms with Gasteiger partial charge >= 0.3 is 0 Å². The topological polar surface area (TPSA) is 58.4 Å². The van der Waals surface area contributed by atoms with Crippen molar-refractivity contribution in [2.45, 2.75) is 13.3 Å². The summed E-state index contributed by atoms with van der Waals surface area (Å²) in [5, 5.41) is 2.63. The number of benzene rings is 1. The predicted octanol–water partition coefficient (Wildman–Crippen LogP) is 1.99. The number of anilines is 2. The molecule has 0 spiro atoms. The zero-order valence-electron chi connectivity index (χ0n) is 10.2. The second kappa shape index (κ2) is 6.49. The lowest BCUT2D eigenvalue weighted by Gasteiger charge is -2.24. The van der Waals surface area contributed by atoms with Crippen molar-refractivity contribution in [3.8, 4) is 0 Å². The normalized spacial score (nSPS) is 10.1. The van der Waals surface area contributed by atoms with Gasteiger partial charge in [0.25, 0.3) is 0 Å². The van der Waals surface area contributed by atoms with Crippen molar-refractivity contribution in [2.75, 3.05) is 30.8 Å². The van der Waals surface area contributed by atoms with Gasteiger partial charge in [0.05, 0.1) is 12.2 Å². The third-order valence-electron chi connectivity index (χ3n) is 2.42. The first-order valence-corrected chi connectivity index (χ1v) is 6.38. The molecule has 0 aliphatic rings. The lowest BCUT2D eigenvalue weighted by Crippen LogP contribution is -2.36. The SMILES string of the molecule is CCCN(CC(=O)NC)c1ccc(N)cc1Br. The Morgan fingerprint density at radius 2 is 2.24 bits per heavy atom. The molecule has 1 aromatic carbocycles. The van der Waals surface area contributed by atoms with E-state index in [0.29, 0.717) is 12.2 Å². The highest BCUT2D eigenvalue weighted by Gasteiger charge is 2.12. The second-order valence-corrected chi connectivity index (χ2v) is 4.66. The summed E-state index contributed by atoms with van der Waals surface area (Å²) >= 11 is 3.48. The number of amides is 1. The van der Waals surface area contributed by atoms with E-state index >= 15 is 0 Å². The molecular formula is C12H18BrN3O. The van der Waals surface area contributed by atoms with E-state index in [-0.39, 0.29) is 5.91 Å². The molecule has 1 amide bonds. The molecule has 3 N–H and O–H groups in total. The van der Waals surface area contributed by atoms with Crippen LogP contribution in [0.4, 0.5) is 11.4 Å². The molecule has 0 saturated heterocycles. The van der Waals surface area contributed by atoms with Crippen LogP contribution in [0.15, 0.2) is 22.7 Å². The van der Waals surface area contributed by atoms with Gasteiger partial charge in [0.15, 0.2) is 0 Å². The first kappa shape index (κ1) is 13.8. The van der Waals surface area contributed by atoms with Gasteiger partial charge in [0.1, 0.15) is 0 Å². The smallest absolute Gasteiger partial charge is 0.239 e. The zero-order chi connectivity index (χ0) is 12.8. The summed E-state index contributed by atoms with van der Waals surface area (Å²) in [5.74, 6) is 0.00201. The maximum atomic E-state index is 11.5. The summed E-state index contributed by atoms with van der Waals surface area (Å²) in [6.45, 7) is 3.27. The van der Waals surface area contributed by atoms with Crippen LogP contribution >= 0.6 is 15.9 Å². The Balaban J connectivity index is 2.92. The minimum absolute atomic E-state index is 0.00201. The van der Waals surface area contributed by atoms with Crippen molar-refractivity contribution < 1.29 is 4.79 Å². The van der Waals surface area contributed by atoms with Gasteiger partial charge in [-0.05, 0) is 40.5 Å². The zero-order valence-corrected chi connectivity index (χ0v) is 11.8. The van der Waals surface area contributed by atoms with E-state index in [0.717, 1.165) is 23.1 Å². The molecule has 0 atom stereocenters. The minimum atomic E-state index is 0.00201. The Labute approximate surface area is 110 Å². The second-order valence-electron chi connectivity index (χ2n) is 3.81. The fraction of sp³-hybridized carbons (Fsp3) is 0.417. The van der Waals surface area contributed by atoms with Gasteiger partial charge in [-0.1, -0.05) is 6.92 Å². The number of nitrogens with one attached hydrogen (secondary N) is 1. The van der Waals surface area contributed by atoms with Crippen molar-refractivity contribution in [1.29, 1.82) is 0 Å². The Hall–Kier alpha value is -1.23. The molecule has 0 aliphatic carbocycles. The molecule has 4 nitrogen and oxygen atoms in total. The van der Waals surface area contributed by atoms with Crippen LogP contribution in [-0.4, -0.2) is 26.0 Å². The number of nitrogens with zero attached hydrogens (tertiary/aromatic N) is 1. The molecule has 0 saturated carbocycles. The van der Waals surface area contributed by atoms with Gasteiger partial charge < -0.3 is 16.0 Å². The van der Waals surface area contributed by atoms with E-state index in [2.05, 4.69) is 28.2 Å². The third kappa shape index (κ3) is 3.93. The van der Waals surface area contributed by atoms with Crippen LogP contribution in [0.2, 0.25) is 0 Å². The summed E-state index contributed by atoms with van der Waals surface area (Å²) in [6, 6.07) is 5.62. The largest absolute Gasteiger partial charge is 0.399 e. The number of hydrogen-bond donors (Lipinski definition) is 2. The predicted molar refractivity (Wildman–Crippen MR) is 75.1 cm³/mol. The number of rotatable bonds is 5. The van der Waals surface area contributed by atoms with Crippen LogP contribution < -0.4 is 16.0 Å². The quantitative estimate of drug-likeness (QED) is 0.818. The van der Waals surface area contributed by atoms with Crippen molar-refractivity contribution in [3.63, 3.8) is 0 Å². The highest BCUT2D eigenvalue weighted by Crippen LogP contribution is 2.28.